The van der Waals surface area contributed by atoms with Crippen LogP contribution in [0.2, 0.25) is 0 Å². The molecule has 0 aliphatic heterocycles. The second kappa shape index (κ2) is 11.2. The quantitative estimate of drug-likeness (QED) is 0.544. The van der Waals surface area contributed by atoms with E-state index in [1.54, 1.807) is 20.8 Å². The predicted octanol–water partition coefficient (Wildman–Crippen LogP) is 1.30. The molecule has 3 unspecified atom stereocenters. The molecule has 0 saturated heterocycles. The largest absolute Gasteiger partial charge is 0.467 e. The Labute approximate surface area is 176 Å². The lowest BCUT2D eigenvalue weighted by Crippen LogP contribution is -2.55. The van der Waals surface area contributed by atoms with Crippen molar-refractivity contribution in [1.82, 2.24) is 16.0 Å². The van der Waals surface area contributed by atoms with Gasteiger partial charge in [0, 0.05) is 6.42 Å². The minimum absolute atomic E-state index is 0.200. The summed E-state index contributed by atoms with van der Waals surface area (Å²) < 4.78 is 9.75. The van der Waals surface area contributed by atoms with E-state index in [1.165, 1.54) is 21.0 Å². The van der Waals surface area contributed by atoms with E-state index in [9.17, 15) is 19.2 Å². The van der Waals surface area contributed by atoms with Gasteiger partial charge in [0.2, 0.25) is 11.8 Å². The van der Waals surface area contributed by atoms with Crippen LogP contribution in [0.25, 0.3) is 0 Å². The summed E-state index contributed by atoms with van der Waals surface area (Å²) in [5.74, 6) is -1.72. The van der Waals surface area contributed by atoms with Gasteiger partial charge in [-0.25, -0.2) is 9.59 Å². The monoisotopic (exact) mass is 421 g/mol. The number of benzene rings is 1. The standard InChI is InChI=1S/C21H31N3O6/c1-13(23-20(28)30-21(3,4)5)17(25)24-16(12-15-10-8-7-9-11-15)18(26)22-14(2)19(27)29-6/h7-11,13-14,16H,12H2,1-6H3,(H,22,26)(H,23,28)(H,24,25). The Bertz CT molecular complexity index is 745. The van der Waals surface area contributed by atoms with Gasteiger partial charge < -0.3 is 25.4 Å². The molecule has 0 aliphatic carbocycles. The Morgan fingerprint density at radius 2 is 1.50 bits per heavy atom. The number of amides is 3. The smallest absolute Gasteiger partial charge is 0.408 e. The maximum absolute atomic E-state index is 12.7. The molecule has 166 valence electrons. The Morgan fingerprint density at radius 3 is 2.03 bits per heavy atom. The lowest BCUT2D eigenvalue weighted by atomic mass is 10.0. The maximum atomic E-state index is 12.7. The predicted molar refractivity (Wildman–Crippen MR) is 111 cm³/mol. The van der Waals surface area contributed by atoms with E-state index in [0.717, 1.165) is 5.56 Å². The van der Waals surface area contributed by atoms with Crippen molar-refractivity contribution in [2.45, 2.75) is 64.8 Å². The maximum Gasteiger partial charge on any atom is 0.408 e. The summed E-state index contributed by atoms with van der Waals surface area (Å²) in [6.45, 7) is 8.09. The number of methoxy groups -OCH3 is 1. The van der Waals surface area contributed by atoms with Crippen LogP contribution >= 0.6 is 0 Å². The first-order valence-corrected chi connectivity index (χ1v) is 9.65. The molecule has 0 radical (unpaired) electrons. The van der Waals surface area contributed by atoms with E-state index in [1.807, 2.05) is 30.3 Å². The van der Waals surface area contributed by atoms with Crippen LogP contribution in [0.4, 0.5) is 4.79 Å². The van der Waals surface area contributed by atoms with Crippen molar-refractivity contribution in [1.29, 1.82) is 0 Å². The first-order chi connectivity index (χ1) is 13.9. The van der Waals surface area contributed by atoms with Gasteiger partial charge in [0.15, 0.2) is 0 Å². The molecule has 3 atom stereocenters. The third kappa shape index (κ3) is 8.93. The fraction of sp³-hybridized carbons (Fsp3) is 0.524. The van der Waals surface area contributed by atoms with Crippen molar-refractivity contribution in [2.24, 2.45) is 0 Å². The number of carbonyl (C=O) groups excluding carboxylic acids is 4. The lowest BCUT2D eigenvalue weighted by molar-refractivity contribution is -0.144. The van der Waals surface area contributed by atoms with Gasteiger partial charge in [-0.2, -0.15) is 0 Å². The highest BCUT2D eigenvalue weighted by Gasteiger charge is 2.28. The fourth-order valence-corrected chi connectivity index (χ4v) is 2.46. The highest BCUT2D eigenvalue weighted by molar-refractivity contribution is 5.93. The first-order valence-electron chi connectivity index (χ1n) is 9.65. The Morgan fingerprint density at radius 1 is 0.900 bits per heavy atom. The molecule has 3 N–H and O–H groups in total. The number of rotatable bonds is 8. The average molecular weight is 421 g/mol. The summed E-state index contributed by atoms with van der Waals surface area (Å²) in [7, 11) is 1.22. The molecule has 1 rings (SSSR count). The van der Waals surface area contributed by atoms with E-state index in [-0.39, 0.29) is 6.42 Å². The van der Waals surface area contributed by atoms with Crippen molar-refractivity contribution in [3.63, 3.8) is 0 Å². The molecule has 0 fully saturated rings. The number of ether oxygens (including phenoxy) is 2. The molecular formula is C21H31N3O6. The zero-order chi connectivity index (χ0) is 22.9. The van der Waals surface area contributed by atoms with E-state index in [0.29, 0.717) is 0 Å². The lowest BCUT2D eigenvalue weighted by Gasteiger charge is -2.24. The van der Waals surface area contributed by atoms with Gasteiger partial charge >= 0.3 is 12.1 Å². The zero-order valence-electron chi connectivity index (χ0n) is 18.3. The Kier molecular flexibility index (Phi) is 9.29. The minimum atomic E-state index is -0.963. The fourth-order valence-electron chi connectivity index (χ4n) is 2.46. The number of alkyl carbamates (subject to hydrolysis) is 1. The van der Waals surface area contributed by atoms with E-state index >= 15 is 0 Å². The molecule has 9 heteroatoms. The summed E-state index contributed by atoms with van der Waals surface area (Å²) in [5.41, 5.74) is 0.108. The molecule has 0 spiro atoms. The van der Waals surface area contributed by atoms with Gasteiger partial charge in [-0.05, 0) is 40.2 Å². The average Bonchev–Trinajstić information content (AvgIpc) is 2.65. The molecular weight excluding hydrogens is 390 g/mol. The van der Waals surface area contributed by atoms with Gasteiger partial charge in [-0.15, -0.1) is 0 Å². The van der Waals surface area contributed by atoms with Crippen LogP contribution in [-0.4, -0.2) is 54.7 Å². The molecule has 0 saturated carbocycles. The van der Waals surface area contributed by atoms with Gasteiger partial charge in [0.25, 0.3) is 0 Å². The molecule has 0 bridgehead atoms. The number of hydrogen-bond acceptors (Lipinski definition) is 6. The minimum Gasteiger partial charge on any atom is -0.467 e. The Balaban J connectivity index is 2.85. The van der Waals surface area contributed by atoms with Crippen LogP contribution < -0.4 is 16.0 Å². The number of nitrogens with one attached hydrogen (secondary N) is 3. The zero-order valence-corrected chi connectivity index (χ0v) is 18.3. The molecule has 1 aromatic carbocycles. The van der Waals surface area contributed by atoms with Crippen LogP contribution in [-0.2, 0) is 30.3 Å². The van der Waals surface area contributed by atoms with Gasteiger partial charge in [-0.3, -0.25) is 9.59 Å². The van der Waals surface area contributed by atoms with E-state index in [2.05, 4.69) is 20.7 Å². The summed E-state index contributed by atoms with van der Waals surface area (Å²) in [5, 5.41) is 7.58. The molecule has 1 aromatic rings. The van der Waals surface area contributed by atoms with Crippen molar-refractivity contribution in [3.05, 3.63) is 35.9 Å². The number of esters is 1. The normalized spacial score (nSPS) is 13.9. The van der Waals surface area contributed by atoms with Gasteiger partial charge in [-0.1, -0.05) is 30.3 Å². The summed E-state index contributed by atoms with van der Waals surface area (Å²) in [6.07, 6.45) is -0.542. The molecule has 0 aromatic heterocycles. The van der Waals surface area contributed by atoms with Crippen molar-refractivity contribution in [2.75, 3.05) is 7.11 Å². The van der Waals surface area contributed by atoms with Crippen molar-refractivity contribution in [3.8, 4) is 0 Å². The van der Waals surface area contributed by atoms with Crippen molar-refractivity contribution >= 4 is 23.9 Å². The molecule has 3 amide bonds. The molecule has 9 nitrogen and oxygen atoms in total. The number of carbonyl (C=O) groups is 4. The number of hydrogen-bond donors (Lipinski definition) is 3. The highest BCUT2D eigenvalue weighted by Crippen LogP contribution is 2.07. The summed E-state index contributed by atoms with van der Waals surface area (Å²) in [4.78, 5) is 48.8. The van der Waals surface area contributed by atoms with Gasteiger partial charge in [0.05, 0.1) is 7.11 Å². The molecule has 30 heavy (non-hydrogen) atoms. The third-order valence-electron chi connectivity index (χ3n) is 3.96. The Hall–Kier alpha value is -3.10. The van der Waals surface area contributed by atoms with Crippen molar-refractivity contribution < 1.29 is 28.7 Å². The second-order valence-electron chi connectivity index (χ2n) is 7.87. The van der Waals surface area contributed by atoms with E-state index < -0.39 is 47.6 Å². The van der Waals surface area contributed by atoms with Crippen LogP contribution in [0.15, 0.2) is 30.3 Å². The SMILES string of the molecule is COC(=O)C(C)NC(=O)C(Cc1ccccc1)NC(=O)C(C)NC(=O)OC(C)(C)C. The topological polar surface area (TPSA) is 123 Å². The summed E-state index contributed by atoms with van der Waals surface area (Å²) >= 11 is 0. The molecule has 0 aliphatic rings. The first kappa shape index (κ1) is 24.9. The van der Waals surface area contributed by atoms with Crippen LogP contribution in [0, 0.1) is 0 Å². The van der Waals surface area contributed by atoms with Crippen LogP contribution in [0.5, 0.6) is 0 Å². The van der Waals surface area contributed by atoms with Crippen LogP contribution in [0.3, 0.4) is 0 Å². The summed E-state index contributed by atoms with van der Waals surface area (Å²) in [6, 6.07) is 6.32. The van der Waals surface area contributed by atoms with E-state index in [4.69, 9.17) is 4.74 Å². The highest BCUT2D eigenvalue weighted by atomic mass is 16.6. The third-order valence-corrected chi connectivity index (χ3v) is 3.96. The van der Waals surface area contributed by atoms with Crippen LogP contribution in [0.1, 0.15) is 40.2 Å². The second-order valence-corrected chi connectivity index (χ2v) is 7.87. The molecule has 0 heterocycles. The van der Waals surface area contributed by atoms with Gasteiger partial charge in [0.1, 0.15) is 23.7 Å².